The highest BCUT2D eigenvalue weighted by Crippen LogP contribution is 2.27. The number of nitrogens with one attached hydrogen (secondary N) is 1. The summed E-state index contributed by atoms with van der Waals surface area (Å²) in [6, 6.07) is 2.39. The molecule has 0 radical (unpaired) electrons. The maximum Gasteiger partial charge on any atom is 0.0111 e. The Kier molecular flexibility index (Phi) is 5.64. The van der Waals surface area contributed by atoms with E-state index in [0.717, 1.165) is 12.1 Å². The molecule has 2 nitrogen and oxygen atoms in total. The molecule has 2 rings (SSSR count). The Morgan fingerprint density at radius 2 is 2.24 bits per heavy atom. The monoisotopic (exact) mass is 256 g/mol. The Morgan fingerprint density at radius 3 is 3.06 bits per heavy atom. The van der Waals surface area contributed by atoms with Gasteiger partial charge in [-0.2, -0.15) is 11.8 Å². The Balaban J connectivity index is 1.65. The van der Waals surface area contributed by atoms with Gasteiger partial charge in [-0.25, -0.2) is 0 Å². The third kappa shape index (κ3) is 4.15. The lowest BCUT2D eigenvalue weighted by Crippen LogP contribution is -2.48. The van der Waals surface area contributed by atoms with Gasteiger partial charge in [-0.05, 0) is 63.6 Å². The number of fused-ring (bicyclic) bond motifs is 1. The van der Waals surface area contributed by atoms with Gasteiger partial charge >= 0.3 is 0 Å². The average Bonchev–Trinajstić information content (AvgIpc) is 2.76. The third-order valence-electron chi connectivity index (χ3n) is 4.24. The summed E-state index contributed by atoms with van der Waals surface area (Å²) in [4.78, 5) is 2.70. The first-order chi connectivity index (χ1) is 8.29. The molecule has 2 aliphatic rings. The Labute approximate surface area is 111 Å². The average molecular weight is 256 g/mol. The molecular formula is C14H28N2S. The minimum Gasteiger partial charge on any atom is -0.311 e. The molecular weight excluding hydrogens is 228 g/mol. The van der Waals surface area contributed by atoms with Crippen LogP contribution in [-0.4, -0.2) is 47.6 Å². The summed E-state index contributed by atoms with van der Waals surface area (Å²) in [7, 11) is 0. The zero-order chi connectivity index (χ0) is 12.1. The van der Waals surface area contributed by atoms with Crippen molar-refractivity contribution in [2.45, 2.75) is 64.1 Å². The van der Waals surface area contributed by atoms with E-state index in [1.54, 1.807) is 0 Å². The van der Waals surface area contributed by atoms with Crippen molar-refractivity contribution in [1.82, 2.24) is 10.2 Å². The molecule has 0 saturated carbocycles. The first kappa shape index (κ1) is 13.7. The second kappa shape index (κ2) is 7.01. The van der Waals surface area contributed by atoms with Gasteiger partial charge in [-0.1, -0.05) is 6.92 Å². The van der Waals surface area contributed by atoms with Crippen LogP contribution in [0.4, 0.5) is 0 Å². The zero-order valence-corrected chi connectivity index (χ0v) is 12.3. The fraction of sp³-hybridized carbons (Fsp3) is 1.00. The van der Waals surface area contributed by atoms with Gasteiger partial charge in [0.15, 0.2) is 0 Å². The van der Waals surface area contributed by atoms with E-state index in [9.17, 15) is 0 Å². The molecule has 17 heavy (non-hydrogen) atoms. The summed E-state index contributed by atoms with van der Waals surface area (Å²) in [5.74, 6) is 2.57. The van der Waals surface area contributed by atoms with Crippen LogP contribution < -0.4 is 5.32 Å². The Hall–Kier alpha value is 0.270. The number of thioether (sulfide) groups is 1. The molecule has 0 aromatic carbocycles. The molecule has 1 N–H and O–H groups in total. The van der Waals surface area contributed by atoms with Gasteiger partial charge in [0.05, 0.1) is 0 Å². The highest BCUT2D eigenvalue weighted by Gasteiger charge is 2.31. The highest BCUT2D eigenvalue weighted by atomic mass is 32.2. The van der Waals surface area contributed by atoms with Crippen LogP contribution in [0.2, 0.25) is 0 Å². The fourth-order valence-electron chi connectivity index (χ4n) is 3.27. The summed E-state index contributed by atoms with van der Waals surface area (Å²) in [6.07, 6.45) is 6.95. The Morgan fingerprint density at radius 1 is 1.35 bits per heavy atom. The van der Waals surface area contributed by atoms with E-state index < -0.39 is 0 Å². The molecule has 100 valence electrons. The van der Waals surface area contributed by atoms with Crippen molar-refractivity contribution in [3.8, 4) is 0 Å². The predicted octanol–water partition coefficient (Wildman–Crippen LogP) is 2.73. The maximum absolute atomic E-state index is 3.85. The molecule has 3 unspecified atom stereocenters. The predicted molar refractivity (Wildman–Crippen MR) is 77.8 cm³/mol. The molecule has 0 aromatic rings. The molecule has 2 aliphatic heterocycles. The SMILES string of the molecule is CCSCCC(C)NC1CCN2CCCC2C1. The summed E-state index contributed by atoms with van der Waals surface area (Å²) in [5, 5.41) is 3.85. The Bertz CT molecular complexity index is 222. The van der Waals surface area contributed by atoms with Gasteiger partial charge in [0, 0.05) is 18.1 Å². The van der Waals surface area contributed by atoms with Crippen LogP contribution in [0, 0.1) is 0 Å². The third-order valence-corrected chi connectivity index (χ3v) is 5.17. The van der Waals surface area contributed by atoms with Crippen LogP contribution in [-0.2, 0) is 0 Å². The van der Waals surface area contributed by atoms with E-state index in [1.165, 1.54) is 56.7 Å². The van der Waals surface area contributed by atoms with Crippen LogP contribution in [0.5, 0.6) is 0 Å². The molecule has 3 heteroatoms. The lowest BCUT2D eigenvalue weighted by molar-refractivity contribution is 0.161. The first-order valence-corrected chi connectivity index (χ1v) is 8.53. The van der Waals surface area contributed by atoms with E-state index in [1.807, 2.05) is 0 Å². The van der Waals surface area contributed by atoms with Crippen LogP contribution in [0.3, 0.4) is 0 Å². The van der Waals surface area contributed by atoms with Gasteiger partial charge in [0.2, 0.25) is 0 Å². The highest BCUT2D eigenvalue weighted by molar-refractivity contribution is 7.99. The van der Waals surface area contributed by atoms with Crippen molar-refractivity contribution in [3.63, 3.8) is 0 Å². The number of hydrogen-bond acceptors (Lipinski definition) is 3. The number of hydrogen-bond donors (Lipinski definition) is 1. The number of rotatable bonds is 6. The molecule has 2 heterocycles. The maximum atomic E-state index is 3.85. The van der Waals surface area contributed by atoms with Crippen LogP contribution in [0.1, 0.15) is 46.0 Å². The smallest absolute Gasteiger partial charge is 0.0111 e. The van der Waals surface area contributed by atoms with Gasteiger partial charge < -0.3 is 10.2 Å². The number of piperidine rings is 1. The minimum atomic E-state index is 0.701. The number of nitrogens with zero attached hydrogens (tertiary/aromatic N) is 1. The molecule has 2 fully saturated rings. The van der Waals surface area contributed by atoms with E-state index in [-0.39, 0.29) is 0 Å². The molecule has 0 aromatic heterocycles. The van der Waals surface area contributed by atoms with Gasteiger partial charge in [-0.15, -0.1) is 0 Å². The summed E-state index contributed by atoms with van der Waals surface area (Å²) in [5.41, 5.74) is 0. The van der Waals surface area contributed by atoms with Crippen molar-refractivity contribution in [3.05, 3.63) is 0 Å². The quantitative estimate of drug-likeness (QED) is 0.736. The van der Waals surface area contributed by atoms with Crippen LogP contribution in [0.25, 0.3) is 0 Å². The minimum absolute atomic E-state index is 0.701. The van der Waals surface area contributed by atoms with E-state index >= 15 is 0 Å². The first-order valence-electron chi connectivity index (χ1n) is 7.37. The molecule has 3 atom stereocenters. The summed E-state index contributed by atoms with van der Waals surface area (Å²) >= 11 is 2.07. The fourth-order valence-corrected chi connectivity index (χ4v) is 4.07. The van der Waals surface area contributed by atoms with Crippen molar-refractivity contribution >= 4 is 11.8 Å². The largest absolute Gasteiger partial charge is 0.311 e. The van der Waals surface area contributed by atoms with E-state index in [2.05, 4.69) is 35.8 Å². The second-order valence-corrected chi connectivity index (χ2v) is 7.00. The second-order valence-electron chi connectivity index (χ2n) is 5.61. The van der Waals surface area contributed by atoms with Gasteiger partial charge in [0.25, 0.3) is 0 Å². The van der Waals surface area contributed by atoms with Crippen LogP contribution >= 0.6 is 11.8 Å². The van der Waals surface area contributed by atoms with Crippen LogP contribution in [0.15, 0.2) is 0 Å². The molecule has 0 spiro atoms. The van der Waals surface area contributed by atoms with Gasteiger partial charge in [-0.3, -0.25) is 0 Å². The topological polar surface area (TPSA) is 15.3 Å². The van der Waals surface area contributed by atoms with Crippen molar-refractivity contribution in [1.29, 1.82) is 0 Å². The van der Waals surface area contributed by atoms with Gasteiger partial charge in [0.1, 0.15) is 0 Å². The van der Waals surface area contributed by atoms with Crippen molar-refractivity contribution < 1.29 is 0 Å². The summed E-state index contributed by atoms with van der Waals surface area (Å²) in [6.45, 7) is 7.30. The molecule has 0 bridgehead atoms. The lowest BCUT2D eigenvalue weighted by Gasteiger charge is -2.36. The molecule has 0 aliphatic carbocycles. The van der Waals surface area contributed by atoms with Crippen molar-refractivity contribution in [2.24, 2.45) is 0 Å². The molecule has 2 saturated heterocycles. The zero-order valence-electron chi connectivity index (χ0n) is 11.5. The summed E-state index contributed by atoms with van der Waals surface area (Å²) < 4.78 is 0. The van der Waals surface area contributed by atoms with E-state index in [0.29, 0.717) is 6.04 Å². The normalized spacial score (nSPS) is 31.4. The van der Waals surface area contributed by atoms with Crippen molar-refractivity contribution in [2.75, 3.05) is 24.6 Å². The molecule has 0 amide bonds. The van der Waals surface area contributed by atoms with E-state index in [4.69, 9.17) is 0 Å². The standard InChI is InChI=1S/C14H28N2S/c1-3-17-10-7-12(2)15-13-6-9-16-8-4-5-14(16)11-13/h12-15H,3-11H2,1-2H3. The lowest BCUT2D eigenvalue weighted by atomic mass is 9.97.